The largest absolute Gasteiger partial charge is 0.434 e. The Morgan fingerprint density at radius 2 is 2.07 bits per heavy atom. The van der Waals surface area contributed by atoms with Crippen LogP contribution in [0.2, 0.25) is 0 Å². The fourth-order valence-electron chi connectivity index (χ4n) is 3.34. The van der Waals surface area contributed by atoms with Crippen LogP contribution in [0.25, 0.3) is 17.2 Å². The topological polar surface area (TPSA) is 102 Å². The van der Waals surface area contributed by atoms with Gasteiger partial charge in [-0.2, -0.15) is 13.2 Å². The first-order valence-corrected chi connectivity index (χ1v) is 8.58. The van der Waals surface area contributed by atoms with Crippen LogP contribution in [0.5, 0.6) is 0 Å². The van der Waals surface area contributed by atoms with Crippen LogP contribution in [0.4, 0.5) is 19.0 Å². The van der Waals surface area contributed by atoms with Crippen molar-refractivity contribution < 1.29 is 18.0 Å². The Labute approximate surface area is 157 Å². The lowest BCUT2D eigenvalue weighted by Gasteiger charge is -2.17. The number of hydrogen-bond donors (Lipinski definition) is 1. The number of halogens is 3. The number of nitrogens with two attached hydrogens (primary N) is 1. The van der Waals surface area contributed by atoms with E-state index in [1.165, 1.54) is 10.6 Å². The Kier molecular flexibility index (Phi) is 4.36. The van der Waals surface area contributed by atoms with E-state index in [-0.39, 0.29) is 23.3 Å². The second-order valence-corrected chi connectivity index (χ2v) is 6.65. The molecule has 4 rings (SSSR count). The van der Waals surface area contributed by atoms with Crippen molar-refractivity contribution in [3.05, 3.63) is 36.5 Å². The van der Waals surface area contributed by atoms with E-state index in [2.05, 4.69) is 19.9 Å². The molecule has 28 heavy (non-hydrogen) atoms. The molecule has 1 aliphatic rings. The summed E-state index contributed by atoms with van der Waals surface area (Å²) < 4.78 is 40.2. The predicted molar refractivity (Wildman–Crippen MR) is 93.1 cm³/mol. The number of fused-ring (bicyclic) bond motifs is 1. The van der Waals surface area contributed by atoms with E-state index in [4.69, 9.17) is 5.73 Å². The van der Waals surface area contributed by atoms with E-state index in [0.29, 0.717) is 31.0 Å². The predicted octanol–water partition coefficient (Wildman–Crippen LogP) is 1.91. The van der Waals surface area contributed by atoms with E-state index in [0.717, 1.165) is 18.8 Å². The van der Waals surface area contributed by atoms with Gasteiger partial charge < -0.3 is 10.6 Å². The minimum Gasteiger partial charge on any atom is -0.370 e. The summed E-state index contributed by atoms with van der Waals surface area (Å²) in [6, 6.07) is 1.72. The highest BCUT2D eigenvalue weighted by Gasteiger charge is 2.33. The first kappa shape index (κ1) is 18.1. The third kappa shape index (κ3) is 3.47. The summed E-state index contributed by atoms with van der Waals surface area (Å²) in [7, 11) is 0. The molecule has 2 N–H and O–H groups in total. The Morgan fingerprint density at radius 1 is 1.25 bits per heavy atom. The van der Waals surface area contributed by atoms with Crippen LogP contribution in [-0.4, -0.2) is 43.3 Å². The van der Waals surface area contributed by atoms with Gasteiger partial charge in [0.05, 0.1) is 12.4 Å². The van der Waals surface area contributed by atoms with Crippen molar-refractivity contribution in [1.29, 1.82) is 0 Å². The maximum Gasteiger partial charge on any atom is 0.434 e. The smallest absolute Gasteiger partial charge is 0.370 e. The van der Waals surface area contributed by atoms with Gasteiger partial charge in [-0.05, 0) is 18.4 Å². The van der Waals surface area contributed by atoms with Crippen LogP contribution in [0.3, 0.4) is 0 Å². The molecule has 1 aliphatic heterocycles. The molecule has 146 valence electrons. The molecule has 11 heteroatoms. The molecule has 0 aromatic carbocycles. The van der Waals surface area contributed by atoms with Gasteiger partial charge in [-0.15, -0.1) is 0 Å². The quantitative estimate of drug-likeness (QED) is 0.729. The summed E-state index contributed by atoms with van der Waals surface area (Å²) in [4.78, 5) is 29.3. The summed E-state index contributed by atoms with van der Waals surface area (Å²) >= 11 is 0. The normalized spacial score (nSPS) is 17.4. The van der Waals surface area contributed by atoms with Crippen LogP contribution >= 0.6 is 0 Å². The molecule has 3 aromatic heterocycles. The van der Waals surface area contributed by atoms with E-state index in [1.54, 1.807) is 12.3 Å². The second kappa shape index (κ2) is 6.73. The molecule has 0 aliphatic carbocycles. The first-order chi connectivity index (χ1) is 13.3. The second-order valence-electron chi connectivity index (χ2n) is 6.65. The number of alkyl halides is 3. The molecule has 0 radical (unpaired) electrons. The Bertz CT molecular complexity index is 1030. The van der Waals surface area contributed by atoms with Gasteiger partial charge in [-0.1, -0.05) is 0 Å². The van der Waals surface area contributed by atoms with Crippen molar-refractivity contribution in [3.63, 3.8) is 0 Å². The summed E-state index contributed by atoms with van der Waals surface area (Å²) in [6.07, 6.45) is 1.47. The Morgan fingerprint density at radius 3 is 2.82 bits per heavy atom. The van der Waals surface area contributed by atoms with E-state index in [9.17, 15) is 18.0 Å². The van der Waals surface area contributed by atoms with Crippen molar-refractivity contribution in [1.82, 2.24) is 24.3 Å². The average molecular weight is 391 g/mol. The molecule has 0 spiro atoms. The first-order valence-electron chi connectivity index (χ1n) is 8.58. The number of primary amides is 1. The van der Waals surface area contributed by atoms with E-state index in [1.807, 2.05) is 4.90 Å². The van der Waals surface area contributed by atoms with E-state index >= 15 is 0 Å². The number of carbonyl (C=O) groups is 1. The molecule has 1 fully saturated rings. The fourth-order valence-corrected chi connectivity index (χ4v) is 3.34. The van der Waals surface area contributed by atoms with Crippen LogP contribution in [0.1, 0.15) is 18.5 Å². The van der Waals surface area contributed by atoms with Gasteiger partial charge in [0.1, 0.15) is 11.5 Å². The highest BCUT2D eigenvalue weighted by atomic mass is 19.4. The number of anilines is 1. The molecule has 8 nitrogen and oxygen atoms in total. The number of carbonyl (C=O) groups excluding carboxylic acids is 1. The highest BCUT2D eigenvalue weighted by molar-refractivity contribution is 5.74. The number of aromatic nitrogens is 5. The summed E-state index contributed by atoms with van der Waals surface area (Å²) in [6.45, 7) is 1.35. The molecule has 1 unspecified atom stereocenters. The van der Waals surface area contributed by atoms with Gasteiger partial charge in [-0.25, -0.2) is 19.9 Å². The summed E-state index contributed by atoms with van der Waals surface area (Å²) in [5.41, 5.74) is 4.83. The summed E-state index contributed by atoms with van der Waals surface area (Å²) in [5.74, 6) is 0.710. The maximum atomic E-state index is 13.0. The fraction of sp³-hybridized carbons (Fsp3) is 0.353. The zero-order valence-electron chi connectivity index (χ0n) is 14.6. The zero-order chi connectivity index (χ0) is 19.9. The van der Waals surface area contributed by atoms with Crippen LogP contribution in [-0.2, 0) is 11.0 Å². The summed E-state index contributed by atoms with van der Waals surface area (Å²) in [5, 5.41) is 0. The van der Waals surface area contributed by atoms with Crippen LogP contribution < -0.4 is 10.6 Å². The van der Waals surface area contributed by atoms with Gasteiger partial charge in [-0.3, -0.25) is 9.20 Å². The molecule has 0 saturated carbocycles. The minimum absolute atomic E-state index is 0.159. The van der Waals surface area contributed by atoms with Gasteiger partial charge >= 0.3 is 6.18 Å². The van der Waals surface area contributed by atoms with Crippen LogP contribution in [0.15, 0.2) is 30.9 Å². The van der Waals surface area contributed by atoms with Gasteiger partial charge in [0.25, 0.3) is 0 Å². The van der Waals surface area contributed by atoms with Crippen LogP contribution in [0, 0.1) is 5.92 Å². The van der Waals surface area contributed by atoms with Gasteiger partial charge in [0.2, 0.25) is 5.91 Å². The van der Waals surface area contributed by atoms with Gasteiger partial charge in [0.15, 0.2) is 17.2 Å². The number of amides is 1. The lowest BCUT2D eigenvalue weighted by molar-refractivity contribution is -0.141. The minimum atomic E-state index is -4.57. The molecule has 0 bridgehead atoms. The lowest BCUT2D eigenvalue weighted by Crippen LogP contribution is -2.23. The molecule has 1 saturated heterocycles. The molecule has 1 amide bonds. The third-order valence-corrected chi connectivity index (χ3v) is 4.66. The molecular formula is C17H16F3N7O. The lowest BCUT2D eigenvalue weighted by atomic mass is 10.1. The van der Waals surface area contributed by atoms with Gasteiger partial charge in [0, 0.05) is 31.9 Å². The third-order valence-electron chi connectivity index (χ3n) is 4.66. The average Bonchev–Trinajstić information content (AvgIpc) is 3.27. The van der Waals surface area contributed by atoms with E-state index < -0.39 is 11.9 Å². The molecule has 4 heterocycles. The SMILES string of the molecule is NC(=O)CC1CCN(c2ccnc(-c3cnc4cnc(C(F)(F)F)cn34)n2)C1. The number of hydrogen-bond acceptors (Lipinski definition) is 6. The number of rotatable bonds is 4. The van der Waals surface area contributed by atoms with Crippen molar-refractivity contribution in [2.75, 3.05) is 18.0 Å². The van der Waals surface area contributed by atoms with Crippen molar-refractivity contribution >= 4 is 17.4 Å². The standard InChI is InChI=1S/C17H16F3N7O/c18-17(19,20)12-9-27-11(6-24-15(27)7-23-12)16-22-3-1-14(25-16)26-4-2-10(8-26)5-13(21)28/h1,3,6-7,9-10H,2,4-5,8H2,(H2,21,28). The van der Waals surface area contributed by atoms with Crippen molar-refractivity contribution in [2.24, 2.45) is 11.7 Å². The molecular weight excluding hydrogens is 375 g/mol. The zero-order valence-corrected chi connectivity index (χ0v) is 14.6. The number of imidazole rings is 1. The highest BCUT2D eigenvalue weighted by Crippen LogP contribution is 2.29. The Balaban J connectivity index is 1.66. The number of nitrogens with zero attached hydrogens (tertiary/aromatic N) is 6. The maximum absolute atomic E-state index is 13.0. The monoisotopic (exact) mass is 391 g/mol. The Hall–Kier alpha value is -3.24. The van der Waals surface area contributed by atoms with Crippen molar-refractivity contribution in [3.8, 4) is 11.5 Å². The van der Waals surface area contributed by atoms with Crippen molar-refractivity contribution in [2.45, 2.75) is 19.0 Å². The molecule has 3 aromatic rings. The molecule has 1 atom stereocenters.